The van der Waals surface area contributed by atoms with Gasteiger partial charge in [-0.3, -0.25) is 9.59 Å². The number of piperidine rings is 1. The summed E-state index contributed by atoms with van der Waals surface area (Å²) in [5.74, 6) is -1.94. The summed E-state index contributed by atoms with van der Waals surface area (Å²) >= 11 is 0. The van der Waals surface area contributed by atoms with Crippen molar-refractivity contribution in [3.8, 4) is 0 Å². The molecule has 0 saturated carbocycles. The zero-order chi connectivity index (χ0) is 21.6. The van der Waals surface area contributed by atoms with Crippen molar-refractivity contribution in [2.24, 2.45) is 5.92 Å². The number of carbonyl (C=O) groups excluding carboxylic acids is 1. The highest BCUT2D eigenvalue weighted by atomic mass is 32.2. The van der Waals surface area contributed by atoms with Gasteiger partial charge in [-0.2, -0.15) is 0 Å². The molecule has 0 aromatic heterocycles. The van der Waals surface area contributed by atoms with E-state index in [1.807, 2.05) is 12.1 Å². The number of aliphatic carboxylic acids is 1. The molecule has 0 radical (unpaired) electrons. The second-order valence-corrected chi connectivity index (χ2v) is 9.48. The molecule has 0 unspecified atom stereocenters. The van der Waals surface area contributed by atoms with Crippen molar-refractivity contribution < 1.29 is 23.1 Å². The minimum Gasteiger partial charge on any atom is -0.481 e. The molecule has 8 heteroatoms. The largest absolute Gasteiger partial charge is 0.481 e. The number of benzene rings is 2. The number of sulfonamides is 1. The standard InChI is InChI=1S/C22H26N2O5S/c25-21(26)14-20(18-10-5-2-6-11-18)23-22(27)19-12-7-13-24(15-19)30(28,29)16-17-8-3-1-4-9-17/h1-6,8-11,19-20H,7,12-16H2,(H,23,27)(H,25,26)/t19-,20-/m1/s1. The van der Waals surface area contributed by atoms with Gasteiger partial charge in [-0.25, -0.2) is 12.7 Å². The van der Waals surface area contributed by atoms with Crippen molar-refractivity contribution >= 4 is 21.9 Å². The van der Waals surface area contributed by atoms with Gasteiger partial charge in [0.2, 0.25) is 15.9 Å². The normalized spacial score (nSPS) is 18.5. The zero-order valence-electron chi connectivity index (χ0n) is 16.6. The van der Waals surface area contributed by atoms with Crippen molar-refractivity contribution in [1.82, 2.24) is 9.62 Å². The number of nitrogens with one attached hydrogen (secondary N) is 1. The smallest absolute Gasteiger partial charge is 0.305 e. The van der Waals surface area contributed by atoms with Crippen LogP contribution in [0.5, 0.6) is 0 Å². The van der Waals surface area contributed by atoms with Gasteiger partial charge in [0.25, 0.3) is 0 Å². The Bertz CT molecular complexity index is 964. The number of nitrogens with zero attached hydrogens (tertiary/aromatic N) is 1. The highest BCUT2D eigenvalue weighted by Crippen LogP contribution is 2.24. The van der Waals surface area contributed by atoms with Crippen LogP contribution in [-0.4, -0.2) is 42.8 Å². The summed E-state index contributed by atoms with van der Waals surface area (Å²) in [6.45, 7) is 0.492. The third-order valence-electron chi connectivity index (χ3n) is 5.24. The van der Waals surface area contributed by atoms with Crippen LogP contribution in [0.25, 0.3) is 0 Å². The third-order valence-corrected chi connectivity index (χ3v) is 7.05. The molecule has 2 aromatic carbocycles. The first-order valence-electron chi connectivity index (χ1n) is 9.94. The fourth-order valence-corrected chi connectivity index (χ4v) is 5.30. The average molecular weight is 431 g/mol. The van der Waals surface area contributed by atoms with E-state index in [9.17, 15) is 23.1 Å². The molecule has 1 heterocycles. The van der Waals surface area contributed by atoms with Crippen molar-refractivity contribution in [2.45, 2.75) is 31.1 Å². The van der Waals surface area contributed by atoms with Crippen LogP contribution < -0.4 is 5.32 Å². The number of carboxylic acid groups (broad SMARTS) is 1. The van der Waals surface area contributed by atoms with Gasteiger partial charge in [0.1, 0.15) is 0 Å². The number of rotatable bonds is 8. The lowest BCUT2D eigenvalue weighted by Gasteiger charge is -2.32. The van der Waals surface area contributed by atoms with Crippen molar-refractivity contribution in [2.75, 3.05) is 13.1 Å². The molecule has 3 rings (SSSR count). The molecule has 1 aliphatic rings. The van der Waals surface area contributed by atoms with E-state index in [4.69, 9.17) is 0 Å². The Hall–Kier alpha value is -2.71. The van der Waals surface area contributed by atoms with E-state index in [-0.39, 0.29) is 24.6 Å². The molecule has 2 atom stereocenters. The maximum absolute atomic E-state index is 12.9. The van der Waals surface area contributed by atoms with Gasteiger partial charge in [-0.05, 0) is 24.0 Å². The second kappa shape index (κ2) is 9.86. The Morgan fingerprint density at radius 3 is 2.33 bits per heavy atom. The summed E-state index contributed by atoms with van der Waals surface area (Å²) in [4.78, 5) is 24.1. The van der Waals surface area contributed by atoms with Crippen LogP contribution in [0.4, 0.5) is 0 Å². The van der Waals surface area contributed by atoms with Crippen LogP contribution in [0, 0.1) is 5.92 Å². The maximum atomic E-state index is 12.9. The van der Waals surface area contributed by atoms with Gasteiger partial charge < -0.3 is 10.4 Å². The van der Waals surface area contributed by atoms with Crippen molar-refractivity contribution in [1.29, 1.82) is 0 Å². The molecular formula is C22H26N2O5S. The molecule has 0 aliphatic carbocycles. The molecule has 30 heavy (non-hydrogen) atoms. The summed E-state index contributed by atoms with van der Waals surface area (Å²) in [5.41, 5.74) is 1.41. The Balaban J connectivity index is 1.67. The first-order chi connectivity index (χ1) is 14.3. The first-order valence-corrected chi connectivity index (χ1v) is 11.5. The molecule has 1 fully saturated rings. The van der Waals surface area contributed by atoms with E-state index in [0.29, 0.717) is 30.5 Å². The predicted octanol–water partition coefficient (Wildman–Crippen LogP) is 2.56. The van der Waals surface area contributed by atoms with Gasteiger partial charge in [0, 0.05) is 13.1 Å². The number of hydrogen-bond donors (Lipinski definition) is 2. The molecule has 1 amide bonds. The number of amides is 1. The molecule has 160 valence electrons. The fraction of sp³-hybridized carbons (Fsp3) is 0.364. The van der Waals surface area contributed by atoms with Gasteiger partial charge in [0.15, 0.2) is 0 Å². The Morgan fingerprint density at radius 1 is 1.07 bits per heavy atom. The summed E-state index contributed by atoms with van der Waals surface area (Å²) in [5, 5.41) is 12.0. The van der Waals surface area contributed by atoms with E-state index in [1.165, 1.54) is 4.31 Å². The molecule has 0 bridgehead atoms. The molecule has 7 nitrogen and oxygen atoms in total. The topological polar surface area (TPSA) is 104 Å². The van der Waals surface area contributed by atoms with E-state index >= 15 is 0 Å². The van der Waals surface area contributed by atoms with Crippen LogP contribution in [0.1, 0.15) is 36.4 Å². The quantitative estimate of drug-likeness (QED) is 0.670. The predicted molar refractivity (Wildman–Crippen MR) is 113 cm³/mol. The molecule has 1 saturated heterocycles. The summed E-state index contributed by atoms with van der Waals surface area (Å²) in [6, 6.07) is 17.2. The maximum Gasteiger partial charge on any atom is 0.305 e. The highest BCUT2D eigenvalue weighted by molar-refractivity contribution is 7.88. The second-order valence-electron chi connectivity index (χ2n) is 7.51. The van der Waals surface area contributed by atoms with E-state index in [1.54, 1.807) is 48.5 Å². The highest BCUT2D eigenvalue weighted by Gasteiger charge is 2.33. The average Bonchev–Trinajstić information content (AvgIpc) is 2.74. The Morgan fingerprint density at radius 2 is 1.70 bits per heavy atom. The van der Waals surface area contributed by atoms with E-state index in [2.05, 4.69) is 5.32 Å². The summed E-state index contributed by atoms with van der Waals surface area (Å²) in [7, 11) is -3.54. The Kier molecular flexibility index (Phi) is 7.23. The molecule has 0 spiro atoms. The van der Waals surface area contributed by atoms with Crippen molar-refractivity contribution in [3.05, 3.63) is 71.8 Å². The van der Waals surface area contributed by atoms with E-state index < -0.39 is 28.0 Å². The number of carboxylic acids is 1. The molecular weight excluding hydrogens is 404 g/mol. The lowest BCUT2D eigenvalue weighted by Crippen LogP contribution is -2.46. The molecule has 2 aromatic rings. The SMILES string of the molecule is O=C(O)C[C@@H](NC(=O)[C@@H]1CCCN(S(=O)(=O)Cc2ccccc2)C1)c1ccccc1. The van der Waals surface area contributed by atoms with Crippen LogP contribution in [0.2, 0.25) is 0 Å². The molecule has 1 aliphatic heterocycles. The minimum absolute atomic E-state index is 0.103. The monoisotopic (exact) mass is 430 g/mol. The number of carbonyl (C=O) groups is 2. The van der Waals surface area contributed by atoms with Crippen LogP contribution in [0.3, 0.4) is 0 Å². The lowest BCUT2D eigenvalue weighted by atomic mass is 9.97. The lowest BCUT2D eigenvalue weighted by molar-refractivity contribution is -0.138. The summed E-state index contributed by atoms with van der Waals surface area (Å²) < 4.78 is 27.0. The van der Waals surface area contributed by atoms with Gasteiger partial charge in [-0.15, -0.1) is 0 Å². The van der Waals surface area contributed by atoms with Gasteiger partial charge >= 0.3 is 5.97 Å². The minimum atomic E-state index is -3.54. The first kappa shape index (κ1) is 22.0. The van der Waals surface area contributed by atoms with E-state index in [0.717, 1.165) is 0 Å². The van der Waals surface area contributed by atoms with Crippen LogP contribution in [0.15, 0.2) is 60.7 Å². The zero-order valence-corrected chi connectivity index (χ0v) is 17.4. The number of hydrogen-bond acceptors (Lipinski definition) is 4. The van der Waals surface area contributed by atoms with Gasteiger partial charge in [-0.1, -0.05) is 60.7 Å². The summed E-state index contributed by atoms with van der Waals surface area (Å²) in [6.07, 6.45) is 0.914. The fourth-order valence-electron chi connectivity index (χ4n) is 3.69. The Labute approximate surface area is 176 Å². The molecule has 2 N–H and O–H groups in total. The van der Waals surface area contributed by atoms with Crippen molar-refractivity contribution in [3.63, 3.8) is 0 Å². The van der Waals surface area contributed by atoms with Gasteiger partial charge in [0.05, 0.1) is 24.1 Å². The third kappa shape index (κ3) is 5.90. The van der Waals surface area contributed by atoms with Crippen LogP contribution in [-0.2, 0) is 25.4 Å². The van der Waals surface area contributed by atoms with Crippen LogP contribution >= 0.6 is 0 Å².